The van der Waals surface area contributed by atoms with E-state index in [0.29, 0.717) is 34.8 Å². The van der Waals surface area contributed by atoms with Gasteiger partial charge in [0.1, 0.15) is 5.82 Å². The van der Waals surface area contributed by atoms with Gasteiger partial charge in [0.25, 0.3) is 5.56 Å². The van der Waals surface area contributed by atoms with Crippen LogP contribution in [0, 0.1) is 6.92 Å². The molecule has 0 saturated heterocycles. The van der Waals surface area contributed by atoms with Gasteiger partial charge in [-0.2, -0.15) is 9.78 Å². The van der Waals surface area contributed by atoms with Crippen LogP contribution < -0.4 is 15.0 Å². The van der Waals surface area contributed by atoms with E-state index >= 15 is 0 Å². The molecular weight excluding hydrogens is 502 g/mol. The molecule has 0 aliphatic heterocycles. The lowest BCUT2D eigenvalue weighted by atomic mass is 10.2. The van der Waals surface area contributed by atoms with Crippen molar-refractivity contribution in [3.63, 3.8) is 0 Å². The van der Waals surface area contributed by atoms with Crippen LogP contribution in [0.4, 0.5) is 0 Å². The van der Waals surface area contributed by atoms with Gasteiger partial charge in [0.15, 0.2) is 11.5 Å². The first-order valence-corrected chi connectivity index (χ1v) is 10.7. The zero-order valence-corrected chi connectivity index (χ0v) is 19.7. The molecule has 0 bridgehead atoms. The Morgan fingerprint density at radius 1 is 1.21 bits per heavy atom. The molecule has 0 N–H and O–H groups in total. The van der Waals surface area contributed by atoms with Gasteiger partial charge in [-0.3, -0.25) is 4.79 Å². The van der Waals surface area contributed by atoms with Gasteiger partial charge in [0, 0.05) is 14.5 Å². The molecule has 3 rings (SSSR count). The number of fused-ring (bicyclic) bond motifs is 1. The fraction of sp³-hybridized carbons (Fsp3) is 0.286. The normalized spacial score (nSPS) is 11.6. The van der Waals surface area contributed by atoms with Crippen molar-refractivity contribution in [2.24, 2.45) is 5.10 Å². The van der Waals surface area contributed by atoms with E-state index in [0.717, 1.165) is 14.5 Å². The average molecular weight is 523 g/mol. The molecule has 0 aliphatic carbocycles. The number of aryl methyl sites for hydroxylation is 1. The summed E-state index contributed by atoms with van der Waals surface area (Å²) >= 11 is 6.94. The molecule has 0 unspecified atom stereocenters. The number of rotatable bonds is 6. The van der Waals surface area contributed by atoms with Gasteiger partial charge in [-0.15, -0.1) is 0 Å². The van der Waals surface area contributed by atoms with Crippen molar-refractivity contribution in [2.45, 2.75) is 33.8 Å². The van der Waals surface area contributed by atoms with Crippen molar-refractivity contribution in [2.75, 3.05) is 6.61 Å². The first-order valence-electron chi connectivity index (χ1n) is 9.16. The van der Waals surface area contributed by atoms with Crippen molar-refractivity contribution in [3.8, 4) is 11.5 Å². The summed E-state index contributed by atoms with van der Waals surface area (Å²) in [6.45, 7) is 8.09. The Balaban J connectivity index is 2.05. The van der Waals surface area contributed by atoms with Gasteiger partial charge < -0.3 is 9.47 Å². The molecule has 3 aromatic rings. The highest BCUT2D eigenvalue weighted by Gasteiger charge is 2.12. The lowest BCUT2D eigenvalue weighted by Gasteiger charge is -2.16. The predicted octanol–water partition coefficient (Wildman–Crippen LogP) is 5.30. The highest BCUT2D eigenvalue weighted by molar-refractivity contribution is 9.10. The van der Waals surface area contributed by atoms with E-state index in [2.05, 4.69) is 41.9 Å². The average Bonchev–Trinajstić information content (AvgIpc) is 2.65. The largest absolute Gasteiger partial charge is 0.490 e. The molecule has 2 aromatic carbocycles. The molecule has 0 spiro atoms. The number of ether oxygens (including phenoxy) is 2. The number of hydrogen-bond acceptors (Lipinski definition) is 5. The number of nitrogens with zero attached hydrogens (tertiary/aromatic N) is 3. The second kappa shape index (κ2) is 9.09. The van der Waals surface area contributed by atoms with Crippen LogP contribution in [0.15, 0.2) is 49.2 Å². The highest BCUT2D eigenvalue weighted by atomic mass is 79.9. The molecule has 152 valence electrons. The Bertz CT molecular complexity index is 1140. The standard InChI is InChI=1S/C21H21Br2N3O3/c1-5-28-19-8-14(17(23)10-20(19)29-12(2)3)11-24-26-13(4)25-18-7-6-15(22)9-16(18)21(26)27/h6-12H,5H2,1-4H3. The molecule has 0 fully saturated rings. The third-order valence-corrected chi connectivity index (χ3v) is 5.19. The fourth-order valence-corrected chi connectivity index (χ4v) is 3.57. The summed E-state index contributed by atoms with van der Waals surface area (Å²) in [7, 11) is 0. The Morgan fingerprint density at radius 3 is 2.66 bits per heavy atom. The Hall–Kier alpha value is -2.19. The quantitative estimate of drug-likeness (QED) is 0.412. The minimum Gasteiger partial charge on any atom is -0.490 e. The van der Waals surface area contributed by atoms with Gasteiger partial charge in [0.2, 0.25) is 0 Å². The van der Waals surface area contributed by atoms with Crippen molar-refractivity contribution < 1.29 is 9.47 Å². The van der Waals surface area contributed by atoms with Gasteiger partial charge in [0.05, 0.1) is 29.8 Å². The zero-order valence-electron chi connectivity index (χ0n) is 16.6. The third-order valence-electron chi connectivity index (χ3n) is 4.01. The maximum absolute atomic E-state index is 12.9. The fourth-order valence-electron chi connectivity index (χ4n) is 2.78. The maximum Gasteiger partial charge on any atom is 0.282 e. The summed E-state index contributed by atoms with van der Waals surface area (Å²) in [5, 5.41) is 4.88. The Kier molecular flexibility index (Phi) is 6.74. The SMILES string of the molecule is CCOc1cc(C=Nn2c(C)nc3ccc(Br)cc3c2=O)c(Br)cc1OC(C)C. The molecule has 0 radical (unpaired) electrons. The summed E-state index contributed by atoms with van der Waals surface area (Å²) < 4.78 is 14.4. The van der Waals surface area contributed by atoms with E-state index in [1.807, 2.05) is 39.0 Å². The minimum atomic E-state index is -0.231. The zero-order chi connectivity index (χ0) is 21.1. The number of benzene rings is 2. The molecular formula is C21H21Br2N3O3. The minimum absolute atomic E-state index is 0.0184. The van der Waals surface area contributed by atoms with Crippen LogP contribution in [0.1, 0.15) is 32.2 Å². The van der Waals surface area contributed by atoms with Gasteiger partial charge in [-0.25, -0.2) is 4.98 Å². The van der Waals surface area contributed by atoms with Crippen LogP contribution in [-0.4, -0.2) is 28.6 Å². The molecule has 0 atom stereocenters. The van der Waals surface area contributed by atoms with Gasteiger partial charge in [-0.1, -0.05) is 15.9 Å². The molecule has 1 aromatic heterocycles. The van der Waals surface area contributed by atoms with E-state index in [1.54, 1.807) is 25.3 Å². The number of hydrogen-bond donors (Lipinski definition) is 0. The molecule has 0 amide bonds. The topological polar surface area (TPSA) is 65.7 Å². The third kappa shape index (κ3) is 4.87. The van der Waals surface area contributed by atoms with E-state index in [1.165, 1.54) is 4.68 Å². The van der Waals surface area contributed by atoms with Crippen molar-refractivity contribution in [1.82, 2.24) is 9.66 Å². The monoisotopic (exact) mass is 521 g/mol. The summed E-state index contributed by atoms with van der Waals surface area (Å²) in [5.74, 6) is 1.77. The van der Waals surface area contributed by atoms with Crippen LogP contribution in [0.5, 0.6) is 11.5 Å². The van der Waals surface area contributed by atoms with Crippen LogP contribution in [-0.2, 0) is 0 Å². The molecule has 0 saturated carbocycles. The summed E-state index contributed by atoms with van der Waals surface area (Å²) in [6, 6.07) is 9.09. The Morgan fingerprint density at radius 2 is 1.97 bits per heavy atom. The number of aromatic nitrogens is 2. The smallest absolute Gasteiger partial charge is 0.282 e. The van der Waals surface area contributed by atoms with Gasteiger partial charge >= 0.3 is 0 Å². The lowest BCUT2D eigenvalue weighted by molar-refractivity contribution is 0.223. The second-order valence-electron chi connectivity index (χ2n) is 6.60. The molecule has 0 aliphatic rings. The number of halogens is 2. The second-order valence-corrected chi connectivity index (χ2v) is 8.37. The van der Waals surface area contributed by atoms with Crippen LogP contribution in [0.2, 0.25) is 0 Å². The first kappa shape index (κ1) is 21.5. The first-order chi connectivity index (χ1) is 13.8. The van der Waals surface area contributed by atoms with Crippen LogP contribution in [0.25, 0.3) is 10.9 Å². The molecule has 6 nitrogen and oxygen atoms in total. The van der Waals surface area contributed by atoms with E-state index in [-0.39, 0.29) is 11.7 Å². The highest BCUT2D eigenvalue weighted by Crippen LogP contribution is 2.34. The predicted molar refractivity (Wildman–Crippen MR) is 123 cm³/mol. The van der Waals surface area contributed by atoms with Crippen molar-refractivity contribution in [3.05, 3.63) is 61.0 Å². The van der Waals surface area contributed by atoms with E-state index in [4.69, 9.17) is 9.47 Å². The summed E-state index contributed by atoms with van der Waals surface area (Å²) in [5.41, 5.74) is 1.16. The summed E-state index contributed by atoms with van der Waals surface area (Å²) in [4.78, 5) is 17.4. The summed E-state index contributed by atoms with van der Waals surface area (Å²) in [6.07, 6.45) is 1.62. The van der Waals surface area contributed by atoms with Gasteiger partial charge in [-0.05, 0) is 74.0 Å². The maximum atomic E-state index is 12.9. The van der Waals surface area contributed by atoms with Crippen molar-refractivity contribution in [1.29, 1.82) is 0 Å². The Labute approximate surface area is 185 Å². The van der Waals surface area contributed by atoms with Crippen LogP contribution >= 0.6 is 31.9 Å². The molecule has 8 heteroatoms. The lowest BCUT2D eigenvalue weighted by Crippen LogP contribution is -2.20. The molecule has 29 heavy (non-hydrogen) atoms. The van der Waals surface area contributed by atoms with Crippen LogP contribution in [0.3, 0.4) is 0 Å². The molecule has 1 heterocycles. The van der Waals surface area contributed by atoms with Crippen molar-refractivity contribution >= 4 is 49.0 Å². The van der Waals surface area contributed by atoms with E-state index < -0.39 is 0 Å². The van der Waals surface area contributed by atoms with E-state index in [9.17, 15) is 4.79 Å².